The van der Waals surface area contributed by atoms with E-state index in [-0.39, 0.29) is 0 Å². The van der Waals surface area contributed by atoms with Gasteiger partial charge in [-0.1, -0.05) is 28.1 Å². The number of hydrogen-bond donors (Lipinski definition) is 1. The molecule has 2 atom stereocenters. The molecule has 4 heteroatoms. The first-order valence-corrected chi connectivity index (χ1v) is 7.74. The molecule has 0 aromatic heterocycles. The fourth-order valence-corrected chi connectivity index (χ4v) is 3.01. The third-order valence-electron chi connectivity index (χ3n) is 3.81. The van der Waals surface area contributed by atoms with Crippen LogP contribution in [0.4, 0.5) is 0 Å². The molecule has 0 aliphatic carbocycles. The Hall–Kier alpha value is -0.420. The van der Waals surface area contributed by atoms with Gasteiger partial charge in [0.1, 0.15) is 0 Å². The number of rotatable bonds is 5. The molecule has 1 aromatic rings. The molecule has 1 heterocycles. The Morgan fingerprint density at radius 1 is 1.53 bits per heavy atom. The van der Waals surface area contributed by atoms with Crippen molar-refractivity contribution in [3.8, 4) is 0 Å². The van der Waals surface area contributed by atoms with E-state index in [9.17, 15) is 0 Å². The van der Waals surface area contributed by atoms with Crippen molar-refractivity contribution in [2.75, 3.05) is 33.4 Å². The summed E-state index contributed by atoms with van der Waals surface area (Å²) in [6, 6.07) is 9.50. The van der Waals surface area contributed by atoms with Gasteiger partial charge in [0.05, 0.1) is 13.2 Å². The molecule has 2 rings (SSSR count). The summed E-state index contributed by atoms with van der Waals surface area (Å²) in [4.78, 5) is 2.52. The minimum atomic E-state index is 0.410. The van der Waals surface area contributed by atoms with Gasteiger partial charge in [-0.15, -0.1) is 0 Å². The Kier molecular flexibility index (Phi) is 5.82. The molecule has 0 radical (unpaired) electrons. The van der Waals surface area contributed by atoms with Crippen molar-refractivity contribution >= 4 is 15.9 Å². The summed E-state index contributed by atoms with van der Waals surface area (Å²) < 4.78 is 6.63. The van der Waals surface area contributed by atoms with Gasteiger partial charge in [-0.2, -0.15) is 0 Å². The second-order valence-corrected chi connectivity index (χ2v) is 6.06. The van der Waals surface area contributed by atoms with Crippen molar-refractivity contribution in [2.24, 2.45) is 0 Å². The van der Waals surface area contributed by atoms with Crippen molar-refractivity contribution in [3.05, 3.63) is 34.3 Å². The molecule has 3 nitrogen and oxygen atoms in total. The molecular formula is C15H23BrN2O. The Bertz CT molecular complexity index is 399. The number of halogens is 1. The molecule has 1 saturated heterocycles. The third kappa shape index (κ3) is 4.28. The number of benzene rings is 1. The van der Waals surface area contributed by atoms with Crippen LogP contribution in [0, 0.1) is 0 Å². The Morgan fingerprint density at radius 2 is 2.37 bits per heavy atom. The van der Waals surface area contributed by atoms with Crippen molar-refractivity contribution < 1.29 is 4.74 Å². The van der Waals surface area contributed by atoms with Crippen molar-refractivity contribution in [3.63, 3.8) is 0 Å². The van der Waals surface area contributed by atoms with E-state index >= 15 is 0 Å². The van der Waals surface area contributed by atoms with E-state index < -0.39 is 0 Å². The van der Waals surface area contributed by atoms with Gasteiger partial charge in [0.2, 0.25) is 0 Å². The maximum absolute atomic E-state index is 5.48. The molecule has 19 heavy (non-hydrogen) atoms. The lowest BCUT2D eigenvalue weighted by Gasteiger charge is -2.34. The van der Waals surface area contributed by atoms with E-state index in [0.717, 1.165) is 37.2 Å². The smallest absolute Gasteiger partial charge is 0.0619 e. The van der Waals surface area contributed by atoms with E-state index in [1.165, 1.54) is 5.56 Å². The molecule has 1 aromatic carbocycles. The van der Waals surface area contributed by atoms with Crippen LogP contribution >= 0.6 is 15.9 Å². The highest BCUT2D eigenvalue weighted by Gasteiger charge is 2.20. The second-order valence-electron chi connectivity index (χ2n) is 5.14. The van der Waals surface area contributed by atoms with Gasteiger partial charge in [0.25, 0.3) is 0 Å². The second kappa shape index (κ2) is 7.39. The number of morpholine rings is 1. The van der Waals surface area contributed by atoms with E-state index in [1.54, 1.807) is 0 Å². The lowest BCUT2D eigenvalue weighted by molar-refractivity contribution is -0.00174. The largest absolute Gasteiger partial charge is 0.379 e. The van der Waals surface area contributed by atoms with E-state index in [2.05, 4.69) is 57.3 Å². The zero-order chi connectivity index (χ0) is 13.7. The topological polar surface area (TPSA) is 24.5 Å². The molecule has 1 N–H and O–H groups in total. The highest BCUT2D eigenvalue weighted by Crippen LogP contribution is 2.21. The summed E-state index contributed by atoms with van der Waals surface area (Å²) in [5, 5.41) is 3.42. The van der Waals surface area contributed by atoms with Crippen LogP contribution < -0.4 is 5.32 Å². The lowest BCUT2D eigenvalue weighted by atomic mass is 10.0. The maximum atomic E-state index is 5.48. The molecule has 0 saturated carbocycles. The fraction of sp³-hybridized carbons (Fsp3) is 0.600. The van der Waals surface area contributed by atoms with Crippen LogP contribution in [0.25, 0.3) is 0 Å². The molecule has 1 aliphatic heterocycles. The van der Waals surface area contributed by atoms with Crippen molar-refractivity contribution in [2.45, 2.75) is 25.4 Å². The first kappa shape index (κ1) is 15.0. The van der Waals surface area contributed by atoms with Gasteiger partial charge in [-0.05, 0) is 38.1 Å². The van der Waals surface area contributed by atoms with Crippen LogP contribution in [0.5, 0.6) is 0 Å². The van der Waals surface area contributed by atoms with Crippen molar-refractivity contribution in [1.82, 2.24) is 10.2 Å². The summed E-state index contributed by atoms with van der Waals surface area (Å²) in [5.74, 6) is 0. The van der Waals surface area contributed by atoms with Gasteiger partial charge < -0.3 is 10.1 Å². The number of ether oxygens (including phenoxy) is 1. The zero-order valence-corrected chi connectivity index (χ0v) is 13.3. The first-order chi connectivity index (χ1) is 9.20. The summed E-state index contributed by atoms with van der Waals surface area (Å²) >= 11 is 3.54. The van der Waals surface area contributed by atoms with Crippen LogP contribution in [0.15, 0.2) is 28.7 Å². The van der Waals surface area contributed by atoms with Crippen LogP contribution in [0.3, 0.4) is 0 Å². The zero-order valence-electron chi connectivity index (χ0n) is 11.7. The summed E-state index contributed by atoms with van der Waals surface area (Å²) in [7, 11) is 2.04. The highest BCUT2D eigenvalue weighted by molar-refractivity contribution is 9.10. The monoisotopic (exact) mass is 326 g/mol. The Morgan fingerprint density at radius 3 is 3.05 bits per heavy atom. The summed E-state index contributed by atoms with van der Waals surface area (Å²) in [5.41, 5.74) is 1.35. The first-order valence-electron chi connectivity index (χ1n) is 6.95. The summed E-state index contributed by atoms with van der Waals surface area (Å²) in [6.45, 7) is 6.14. The van der Waals surface area contributed by atoms with Gasteiger partial charge >= 0.3 is 0 Å². The third-order valence-corrected chi connectivity index (χ3v) is 4.30. The molecule has 1 aliphatic rings. The average molecular weight is 327 g/mol. The number of nitrogens with zero attached hydrogens (tertiary/aromatic N) is 1. The number of nitrogens with one attached hydrogen (secondary N) is 1. The predicted octanol–water partition coefficient (Wildman–Crippen LogP) is 2.82. The normalized spacial score (nSPS) is 22.4. The molecule has 1 fully saturated rings. The standard InChI is InChI=1S/C15H23BrN2O/c1-12-11-19-9-8-18(12)7-6-15(17-2)13-4-3-5-14(16)10-13/h3-5,10,12,15,17H,6-9,11H2,1-2H3. The quantitative estimate of drug-likeness (QED) is 0.900. The van der Waals surface area contributed by atoms with Gasteiger partial charge in [-0.3, -0.25) is 4.90 Å². The van der Waals surface area contributed by atoms with Crippen LogP contribution in [0.2, 0.25) is 0 Å². The molecular weight excluding hydrogens is 304 g/mol. The van der Waals surface area contributed by atoms with Crippen LogP contribution in [0.1, 0.15) is 24.9 Å². The highest BCUT2D eigenvalue weighted by atomic mass is 79.9. The van der Waals surface area contributed by atoms with E-state index in [4.69, 9.17) is 4.74 Å². The molecule has 0 spiro atoms. The van der Waals surface area contributed by atoms with Gasteiger partial charge in [0.15, 0.2) is 0 Å². The minimum absolute atomic E-state index is 0.410. The van der Waals surface area contributed by atoms with E-state index in [1.807, 2.05) is 7.05 Å². The maximum Gasteiger partial charge on any atom is 0.0619 e. The van der Waals surface area contributed by atoms with Gasteiger partial charge in [0, 0.05) is 29.6 Å². The molecule has 2 unspecified atom stereocenters. The van der Waals surface area contributed by atoms with Crippen molar-refractivity contribution in [1.29, 1.82) is 0 Å². The van der Waals surface area contributed by atoms with Crippen LogP contribution in [-0.2, 0) is 4.74 Å². The summed E-state index contributed by atoms with van der Waals surface area (Å²) in [6.07, 6.45) is 1.12. The SMILES string of the molecule is CNC(CCN1CCOCC1C)c1cccc(Br)c1. The molecule has 0 amide bonds. The van der Waals surface area contributed by atoms with Gasteiger partial charge in [-0.25, -0.2) is 0 Å². The van der Waals surface area contributed by atoms with E-state index in [0.29, 0.717) is 12.1 Å². The number of hydrogen-bond acceptors (Lipinski definition) is 3. The molecule has 106 valence electrons. The Labute approximate surface area is 124 Å². The Balaban J connectivity index is 1.92. The minimum Gasteiger partial charge on any atom is -0.379 e. The lowest BCUT2D eigenvalue weighted by Crippen LogP contribution is -2.44. The average Bonchev–Trinajstić information content (AvgIpc) is 2.41. The molecule has 0 bridgehead atoms. The van der Waals surface area contributed by atoms with Crippen LogP contribution in [-0.4, -0.2) is 44.3 Å². The predicted molar refractivity (Wildman–Crippen MR) is 82.4 cm³/mol. The fourth-order valence-electron chi connectivity index (χ4n) is 2.59.